The molecule has 0 saturated carbocycles. The molecule has 0 bridgehead atoms. The van der Waals surface area contributed by atoms with E-state index in [2.05, 4.69) is 10.3 Å². The Bertz CT molecular complexity index is 1170. The Kier molecular flexibility index (Phi) is 5.43. The van der Waals surface area contributed by atoms with Crippen LogP contribution < -0.4 is 10.1 Å². The van der Waals surface area contributed by atoms with Crippen LogP contribution in [0.1, 0.15) is 5.56 Å². The number of para-hydroxylation sites is 2. The van der Waals surface area contributed by atoms with Crippen LogP contribution in [0.4, 0.5) is 5.69 Å². The van der Waals surface area contributed by atoms with Crippen LogP contribution in [0.5, 0.6) is 5.75 Å². The van der Waals surface area contributed by atoms with Crippen LogP contribution >= 0.6 is 0 Å². The predicted molar refractivity (Wildman–Crippen MR) is 111 cm³/mol. The van der Waals surface area contributed by atoms with E-state index < -0.39 is 12.6 Å². The number of carboxylic acids is 1. The Morgan fingerprint density at radius 2 is 1.77 bits per heavy atom. The van der Waals surface area contributed by atoms with Crippen LogP contribution in [0.25, 0.3) is 22.6 Å². The number of rotatable bonds is 7. The molecule has 0 unspecified atom stereocenters. The monoisotopic (exact) mass is 402 g/mol. The summed E-state index contributed by atoms with van der Waals surface area (Å²) in [6.07, 6.45) is 0.232. The van der Waals surface area contributed by atoms with Gasteiger partial charge in [-0.3, -0.25) is 4.79 Å². The van der Waals surface area contributed by atoms with Gasteiger partial charge in [0.2, 0.25) is 11.8 Å². The number of carbonyl (C=O) groups is 2. The average Bonchev–Trinajstić information content (AvgIpc) is 3.17. The third-order valence-electron chi connectivity index (χ3n) is 4.35. The van der Waals surface area contributed by atoms with Crippen molar-refractivity contribution in [2.45, 2.75) is 6.42 Å². The lowest BCUT2D eigenvalue weighted by Gasteiger charge is -2.11. The molecule has 4 aromatic rings. The topological polar surface area (TPSA) is 102 Å². The molecular formula is C23H18N2O5. The lowest BCUT2D eigenvalue weighted by Crippen LogP contribution is -2.14. The van der Waals surface area contributed by atoms with Gasteiger partial charge in [0.05, 0.1) is 12.0 Å². The fourth-order valence-electron chi connectivity index (χ4n) is 3.01. The van der Waals surface area contributed by atoms with E-state index in [-0.39, 0.29) is 18.2 Å². The van der Waals surface area contributed by atoms with E-state index >= 15 is 0 Å². The lowest BCUT2D eigenvalue weighted by molar-refractivity contribution is -0.139. The molecule has 1 amide bonds. The van der Waals surface area contributed by atoms with Gasteiger partial charge < -0.3 is 19.6 Å². The van der Waals surface area contributed by atoms with Crippen molar-refractivity contribution in [1.29, 1.82) is 0 Å². The van der Waals surface area contributed by atoms with Crippen molar-refractivity contribution in [3.05, 3.63) is 78.4 Å². The second-order valence-corrected chi connectivity index (χ2v) is 6.59. The van der Waals surface area contributed by atoms with Crippen LogP contribution in [0, 0.1) is 0 Å². The number of nitrogens with zero attached hydrogens (tertiary/aromatic N) is 1. The maximum atomic E-state index is 12.4. The van der Waals surface area contributed by atoms with Crippen molar-refractivity contribution in [2.24, 2.45) is 0 Å². The SMILES string of the molecule is O=C(O)COc1ccc(NC(=O)Cc2ccccc2)cc1-c1nc2ccccc2o1. The first-order valence-corrected chi connectivity index (χ1v) is 9.27. The zero-order chi connectivity index (χ0) is 20.9. The number of benzene rings is 3. The van der Waals surface area contributed by atoms with Gasteiger partial charge in [-0.15, -0.1) is 0 Å². The maximum Gasteiger partial charge on any atom is 0.341 e. The summed E-state index contributed by atoms with van der Waals surface area (Å²) in [4.78, 5) is 27.8. The first-order chi connectivity index (χ1) is 14.6. The average molecular weight is 402 g/mol. The molecule has 4 rings (SSSR count). The van der Waals surface area contributed by atoms with Gasteiger partial charge in [0.15, 0.2) is 12.2 Å². The van der Waals surface area contributed by atoms with Crippen molar-refractivity contribution in [3.63, 3.8) is 0 Å². The van der Waals surface area contributed by atoms with Gasteiger partial charge in [-0.1, -0.05) is 42.5 Å². The Balaban J connectivity index is 1.63. The summed E-state index contributed by atoms with van der Waals surface area (Å²) < 4.78 is 11.2. The van der Waals surface area contributed by atoms with Gasteiger partial charge >= 0.3 is 5.97 Å². The Morgan fingerprint density at radius 1 is 1.00 bits per heavy atom. The second kappa shape index (κ2) is 8.48. The van der Waals surface area contributed by atoms with Gasteiger partial charge in [0.25, 0.3) is 0 Å². The highest BCUT2D eigenvalue weighted by Crippen LogP contribution is 2.34. The molecule has 7 heteroatoms. The number of nitrogens with one attached hydrogen (secondary N) is 1. The van der Waals surface area contributed by atoms with Crippen LogP contribution in [0.15, 0.2) is 77.2 Å². The molecule has 7 nitrogen and oxygen atoms in total. The number of oxazole rings is 1. The van der Waals surface area contributed by atoms with E-state index in [1.54, 1.807) is 24.3 Å². The first kappa shape index (κ1) is 19.2. The minimum absolute atomic E-state index is 0.177. The molecule has 0 aliphatic heterocycles. The van der Waals surface area contributed by atoms with Gasteiger partial charge in [0.1, 0.15) is 11.3 Å². The third-order valence-corrected chi connectivity index (χ3v) is 4.35. The number of hydrogen-bond acceptors (Lipinski definition) is 5. The smallest absolute Gasteiger partial charge is 0.341 e. The van der Waals surface area contributed by atoms with Crippen molar-refractivity contribution in [2.75, 3.05) is 11.9 Å². The molecule has 1 aromatic heterocycles. The number of amides is 1. The summed E-state index contributed by atoms with van der Waals surface area (Å²) in [5, 5.41) is 11.8. The molecule has 150 valence electrons. The summed E-state index contributed by atoms with van der Waals surface area (Å²) in [7, 11) is 0. The molecule has 0 aliphatic rings. The number of fused-ring (bicyclic) bond motifs is 1. The standard InChI is InChI=1S/C23H18N2O5/c26-21(12-15-6-2-1-3-7-15)24-16-10-11-19(29-14-22(27)28)17(13-16)23-25-18-8-4-5-9-20(18)30-23/h1-11,13H,12,14H2,(H,24,26)(H,27,28). The molecule has 0 fully saturated rings. The molecule has 2 N–H and O–H groups in total. The Hall–Kier alpha value is -4.13. The number of hydrogen-bond donors (Lipinski definition) is 2. The predicted octanol–water partition coefficient (Wildman–Crippen LogP) is 4.14. The summed E-state index contributed by atoms with van der Waals surface area (Å²) in [5.74, 6) is -0.705. The zero-order valence-electron chi connectivity index (χ0n) is 15.9. The summed E-state index contributed by atoms with van der Waals surface area (Å²) in [5.41, 5.74) is 3.13. The van der Waals surface area contributed by atoms with E-state index in [4.69, 9.17) is 14.3 Å². The first-order valence-electron chi connectivity index (χ1n) is 9.27. The highest BCUT2D eigenvalue weighted by Gasteiger charge is 2.16. The van der Waals surface area contributed by atoms with Crippen LogP contribution in [0.3, 0.4) is 0 Å². The number of anilines is 1. The van der Waals surface area contributed by atoms with Gasteiger partial charge in [0, 0.05) is 5.69 Å². The molecular weight excluding hydrogens is 384 g/mol. The van der Waals surface area contributed by atoms with Crippen LogP contribution in [-0.2, 0) is 16.0 Å². The number of aromatic nitrogens is 1. The fraction of sp³-hybridized carbons (Fsp3) is 0.0870. The maximum absolute atomic E-state index is 12.4. The highest BCUT2D eigenvalue weighted by molar-refractivity contribution is 5.93. The third kappa shape index (κ3) is 4.47. The second-order valence-electron chi connectivity index (χ2n) is 6.59. The minimum Gasteiger partial charge on any atom is -0.481 e. The quantitative estimate of drug-likeness (QED) is 0.482. The van der Waals surface area contributed by atoms with Crippen LogP contribution in [0.2, 0.25) is 0 Å². The largest absolute Gasteiger partial charge is 0.481 e. The van der Waals surface area contributed by atoms with E-state index in [0.29, 0.717) is 28.1 Å². The lowest BCUT2D eigenvalue weighted by atomic mass is 10.1. The van der Waals surface area contributed by atoms with Crippen LogP contribution in [-0.4, -0.2) is 28.6 Å². The van der Waals surface area contributed by atoms with E-state index in [0.717, 1.165) is 5.56 Å². The summed E-state index contributed by atoms with van der Waals surface area (Å²) in [6.45, 7) is -0.507. The van der Waals surface area contributed by atoms with Crippen molar-refractivity contribution in [1.82, 2.24) is 4.98 Å². The molecule has 1 heterocycles. The van der Waals surface area contributed by atoms with Crippen molar-refractivity contribution < 1.29 is 23.8 Å². The van der Waals surface area contributed by atoms with Crippen molar-refractivity contribution >= 4 is 28.7 Å². The molecule has 0 saturated heterocycles. The highest BCUT2D eigenvalue weighted by atomic mass is 16.5. The van der Waals surface area contributed by atoms with Gasteiger partial charge in [-0.2, -0.15) is 0 Å². The molecule has 0 atom stereocenters. The number of carboxylic acid groups (broad SMARTS) is 1. The molecule has 0 radical (unpaired) electrons. The fourth-order valence-corrected chi connectivity index (χ4v) is 3.01. The van der Waals surface area contributed by atoms with E-state index in [1.165, 1.54) is 0 Å². The molecule has 0 aliphatic carbocycles. The van der Waals surface area contributed by atoms with Gasteiger partial charge in [-0.25, -0.2) is 9.78 Å². The number of aliphatic carboxylic acids is 1. The minimum atomic E-state index is -1.10. The zero-order valence-corrected chi connectivity index (χ0v) is 15.9. The molecule has 3 aromatic carbocycles. The number of ether oxygens (including phenoxy) is 1. The normalized spacial score (nSPS) is 10.7. The Morgan fingerprint density at radius 3 is 2.53 bits per heavy atom. The summed E-state index contributed by atoms with van der Waals surface area (Å²) >= 11 is 0. The molecule has 30 heavy (non-hydrogen) atoms. The van der Waals surface area contributed by atoms with E-state index in [1.807, 2.05) is 48.5 Å². The number of carbonyl (C=O) groups excluding carboxylic acids is 1. The van der Waals surface area contributed by atoms with Crippen molar-refractivity contribution in [3.8, 4) is 17.2 Å². The summed E-state index contributed by atoms with van der Waals surface area (Å²) in [6, 6.07) is 21.6. The van der Waals surface area contributed by atoms with Gasteiger partial charge in [-0.05, 0) is 35.9 Å². The van der Waals surface area contributed by atoms with E-state index in [9.17, 15) is 9.59 Å². The molecule has 0 spiro atoms. The Labute approximate surface area is 171 Å².